The molecule has 1 aliphatic heterocycles. The lowest BCUT2D eigenvalue weighted by Gasteiger charge is -2.31. The highest BCUT2D eigenvalue weighted by Crippen LogP contribution is 2.21. The number of rotatable bonds is 7. The molecule has 1 saturated heterocycles. The van der Waals surface area contributed by atoms with Gasteiger partial charge in [0.2, 0.25) is 5.91 Å². The second-order valence-electron chi connectivity index (χ2n) is 6.07. The summed E-state index contributed by atoms with van der Waals surface area (Å²) in [4.78, 5) is 14.0. The molecule has 0 unspecified atom stereocenters. The number of likely N-dealkylation sites (tertiary alicyclic amines) is 1. The fourth-order valence-electron chi connectivity index (χ4n) is 2.97. The molecule has 116 valence electrons. The number of benzene rings is 1. The van der Waals surface area contributed by atoms with E-state index in [4.69, 9.17) is 0 Å². The quantitative estimate of drug-likeness (QED) is 0.837. The molecule has 0 radical (unpaired) electrons. The molecule has 1 amide bonds. The van der Waals surface area contributed by atoms with Crippen LogP contribution >= 0.6 is 0 Å². The summed E-state index contributed by atoms with van der Waals surface area (Å²) in [5.74, 6) is 1.00. The Morgan fingerprint density at radius 1 is 1.24 bits per heavy atom. The maximum atomic E-state index is 11.6. The number of carbonyl (C=O) groups is 1. The first-order valence-electron chi connectivity index (χ1n) is 8.31. The van der Waals surface area contributed by atoms with E-state index in [9.17, 15) is 4.79 Å². The number of hydrogen-bond donors (Lipinski definition) is 1. The highest BCUT2D eigenvalue weighted by Gasteiger charge is 2.19. The Balaban J connectivity index is 1.63. The van der Waals surface area contributed by atoms with Gasteiger partial charge in [0.1, 0.15) is 0 Å². The summed E-state index contributed by atoms with van der Waals surface area (Å²) < 4.78 is 0. The van der Waals surface area contributed by atoms with E-state index in [0.29, 0.717) is 6.42 Å². The van der Waals surface area contributed by atoms with E-state index >= 15 is 0 Å². The molecule has 1 aliphatic rings. The molecule has 0 aliphatic carbocycles. The zero-order valence-electron chi connectivity index (χ0n) is 13.2. The first-order chi connectivity index (χ1) is 10.3. The summed E-state index contributed by atoms with van der Waals surface area (Å²) in [6.07, 6.45) is 5.36. The van der Waals surface area contributed by atoms with E-state index in [2.05, 4.69) is 47.5 Å². The van der Waals surface area contributed by atoms with Crippen molar-refractivity contribution in [3.8, 4) is 0 Å². The molecule has 0 saturated carbocycles. The third kappa shape index (κ3) is 5.88. The Bertz CT molecular complexity index is 410. The number of nitrogens with zero attached hydrogens (tertiary/aromatic N) is 1. The Kier molecular flexibility index (Phi) is 6.74. The third-order valence-corrected chi connectivity index (χ3v) is 4.30. The highest BCUT2D eigenvalue weighted by atomic mass is 16.1. The van der Waals surface area contributed by atoms with Crippen LogP contribution in [0, 0.1) is 5.92 Å². The van der Waals surface area contributed by atoms with Gasteiger partial charge in [0.05, 0.1) is 0 Å². The molecule has 1 fully saturated rings. The summed E-state index contributed by atoms with van der Waals surface area (Å²) in [7, 11) is 0. The van der Waals surface area contributed by atoms with Gasteiger partial charge in [-0.15, -0.1) is 0 Å². The average Bonchev–Trinajstić information content (AvgIpc) is 2.53. The lowest BCUT2D eigenvalue weighted by atomic mass is 9.90. The van der Waals surface area contributed by atoms with Crippen LogP contribution in [0.1, 0.15) is 38.2 Å². The van der Waals surface area contributed by atoms with Crippen LogP contribution in [0.2, 0.25) is 0 Å². The van der Waals surface area contributed by atoms with Gasteiger partial charge in [-0.25, -0.2) is 0 Å². The molecule has 1 aromatic carbocycles. The largest absolute Gasteiger partial charge is 0.356 e. The van der Waals surface area contributed by atoms with Gasteiger partial charge in [-0.3, -0.25) is 4.79 Å². The van der Waals surface area contributed by atoms with E-state index in [-0.39, 0.29) is 5.91 Å². The van der Waals surface area contributed by atoms with Gasteiger partial charge in [-0.05, 0) is 50.3 Å². The van der Waals surface area contributed by atoms with Crippen molar-refractivity contribution in [3.63, 3.8) is 0 Å². The molecule has 0 spiro atoms. The van der Waals surface area contributed by atoms with Crippen molar-refractivity contribution in [2.24, 2.45) is 5.92 Å². The first-order valence-corrected chi connectivity index (χ1v) is 8.31. The second-order valence-corrected chi connectivity index (χ2v) is 6.07. The van der Waals surface area contributed by atoms with Crippen molar-refractivity contribution in [2.75, 3.05) is 26.2 Å². The molecule has 0 aromatic heterocycles. The minimum atomic E-state index is 0.197. The Hall–Kier alpha value is -1.35. The van der Waals surface area contributed by atoms with Crippen LogP contribution in [-0.2, 0) is 11.2 Å². The van der Waals surface area contributed by atoms with Gasteiger partial charge in [0, 0.05) is 19.5 Å². The van der Waals surface area contributed by atoms with Crippen LogP contribution in [-0.4, -0.2) is 37.0 Å². The minimum absolute atomic E-state index is 0.197. The predicted octanol–water partition coefficient (Wildman–Crippen LogP) is 2.86. The fourth-order valence-corrected chi connectivity index (χ4v) is 2.97. The molecule has 1 N–H and O–H groups in total. The first kappa shape index (κ1) is 16.0. The third-order valence-electron chi connectivity index (χ3n) is 4.30. The summed E-state index contributed by atoms with van der Waals surface area (Å²) in [5, 5.41) is 2.95. The van der Waals surface area contributed by atoms with Crippen molar-refractivity contribution in [1.29, 1.82) is 0 Å². The standard InChI is InChI=1S/C18H28N2O/c1-2-11-19-18(21)10-14-20-12-8-17(9-13-20)15-16-6-4-3-5-7-16/h3-7,17H,2,8-15H2,1H3,(H,19,21). The molecule has 2 rings (SSSR count). The van der Waals surface area contributed by atoms with Crippen LogP contribution in [0.4, 0.5) is 0 Å². The van der Waals surface area contributed by atoms with Crippen LogP contribution in [0.5, 0.6) is 0 Å². The Labute approximate surface area is 128 Å². The molecule has 1 heterocycles. The predicted molar refractivity (Wildman–Crippen MR) is 87.2 cm³/mol. The highest BCUT2D eigenvalue weighted by molar-refractivity contribution is 5.75. The lowest BCUT2D eigenvalue weighted by molar-refractivity contribution is -0.121. The number of nitrogens with one attached hydrogen (secondary N) is 1. The van der Waals surface area contributed by atoms with Gasteiger partial charge in [-0.1, -0.05) is 37.3 Å². The topological polar surface area (TPSA) is 32.3 Å². The zero-order chi connectivity index (χ0) is 14.9. The molecule has 3 heteroatoms. The van der Waals surface area contributed by atoms with Gasteiger partial charge in [0.15, 0.2) is 0 Å². The maximum Gasteiger partial charge on any atom is 0.221 e. The average molecular weight is 288 g/mol. The van der Waals surface area contributed by atoms with Gasteiger partial charge >= 0.3 is 0 Å². The minimum Gasteiger partial charge on any atom is -0.356 e. The van der Waals surface area contributed by atoms with Crippen LogP contribution < -0.4 is 5.32 Å². The molecular formula is C18H28N2O. The van der Waals surface area contributed by atoms with Crippen LogP contribution in [0.3, 0.4) is 0 Å². The molecule has 21 heavy (non-hydrogen) atoms. The van der Waals surface area contributed by atoms with Gasteiger partial charge in [0.25, 0.3) is 0 Å². The van der Waals surface area contributed by atoms with Crippen LogP contribution in [0.25, 0.3) is 0 Å². The Morgan fingerprint density at radius 2 is 1.95 bits per heavy atom. The normalized spacial score (nSPS) is 16.8. The summed E-state index contributed by atoms with van der Waals surface area (Å²) in [5.41, 5.74) is 1.45. The maximum absolute atomic E-state index is 11.6. The van der Waals surface area contributed by atoms with E-state index < -0.39 is 0 Å². The van der Waals surface area contributed by atoms with E-state index in [1.54, 1.807) is 0 Å². The number of amides is 1. The summed E-state index contributed by atoms with van der Waals surface area (Å²) >= 11 is 0. The monoisotopic (exact) mass is 288 g/mol. The van der Waals surface area contributed by atoms with E-state index in [0.717, 1.165) is 38.5 Å². The van der Waals surface area contributed by atoms with E-state index in [1.807, 2.05) is 0 Å². The second kappa shape index (κ2) is 8.83. The van der Waals surface area contributed by atoms with Crippen molar-refractivity contribution < 1.29 is 4.79 Å². The number of hydrogen-bond acceptors (Lipinski definition) is 2. The van der Waals surface area contributed by atoms with Crippen molar-refractivity contribution in [1.82, 2.24) is 10.2 Å². The smallest absolute Gasteiger partial charge is 0.221 e. The lowest BCUT2D eigenvalue weighted by Crippen LogP contribution is -2.37. The molecule has 1 aromatic rings. The van der Waals surface area contributed by atoms with Gasteiger partial charge in [-0.2, -0.15) is 0 Å². The number of carbonyl (C=O) groups excluding carboxylic acids is 1. The SMILES string of the molecule is CCCNC(=O)CCN1CCC(Cc2ccccc2)CC1. The van der Waals surface area contributed by atoms with Gasteiger partial charge < -0.3 is 10.2 Å². The summed E-state index contributed by atoms with van der Waals surface area (Å²) in [6, 6.07) is 10.8. The molecule has 0 atom stereocenters. The van der Waals surface area contributed by atoms with Crippen LogP contribution in [0.15, 0.2) is 30.3 Å². The Morgan fingerprint density at radius 3 is 2.62 bits per heavy atom. The van der Waals surface area contributed by atoms with E-state index in [1.165, 1.54) is 24.8 Å². The number of piperidine rings is 1. The van der Waals surface area contributed by atoms with Crippen molar-refractivity contribution in [2.45, 2.75) is 39.0 Å². The molecule has 3 nitrogen and oxygen atoms in total. The van der Waals surface area contributed by atoms with Crippen molar-refractivity contribution in [3.05, 3.63) is 35.9 Å². The fraction of sp³-hybridized carbons (Fsp3) is 0.611. The summed E-state index contributed by atoms with van der Waals surface area (Å²) in [6.45, 7) is 6.07. The van der Waals surface area contributed by atoms with Crippen molar-refractivity contribution >= 4 is 5.91 Å². The zero-order valence-corrected chi connectivity index (χ0v) is 13.2. The molecular weight excluding hydrogens is 260 g/mol. The molecule has 0 bridgehead atoms.